The molecule has 4 nitrogen and oxygen atoms in total. The molecule has 1 atom stereocenters. The van der Waals surface area contributed by atoms with Crippen molar-refractivity contribution >= 4 is 0 Å². The summed E-state index contributed by atoms with van der Waals surface area (Å²) in [4.78, 5) is 12.4. The number of rotatable bonds is 4. The highest BCUT2D eigenvalue weighted by molar-refractivity contribution is 5.24. The maximum Gasteiger partial charge on any atom is 0.0801 e. The molecule has 0 bridgehead atoms. The third kappa shape index (κ3) is 2.41. The molecule has 0 saturated heterocycles. The summed E-state index contributed by atoms with van der Waals surface area (Å²) in [7, 11) is 0. The summed E-state index contributed by atoms with van der Waals surface area (Å²) in [5, 5.41) is 3.38. The van der Waals surface area contributed by atoms with Crippen LogP contribution in [0.4, 0.5) is 0 Å². The van der Waals surface area contributed by atoms with E-state index in [9.17, 15) is 0 Å². The lowest BCUT2D eigenvalue weighted by atomic mass is 10.1. The Morgan fingerprint density at radius 3 is 2.56 bits per heavy atom. The van der Waals surface area contributed by atoms with E-state index >= 15 is 0 Å². The molecule has 1 unspecified atom stereocenters. The molecule has 2 aromatic heterocycles. The molecule has 0 radical (unpaired) electrons. The lowest BCUT2D eigenvalue weighted by Crippen LogP contribution is -2.23. The van der Waals surface area contributed by atoms with Crippen LogP contribution in [-0.4, -0.2) is 21.5 Å². The molecule has 0 spiro atoms. The summed E-state index contributed by atoms with van der Waals surface area (Å²) in [6.07, 6.45) is 8.75. The van der Waals surface area contributed by atoms with Gasteiger partial charge in [-0.2, -0.15) is 0 Å². The van der Waals surface area contributed by atoms with Gasteiger partial charge in [0.05, 0.1) is 17.9 Å². The van der Waals surface area contributed by atoms with Crippen molar-refractivity contribution in [3.05, 3.63) is 54.4 Å². The number of nitrogens with one attached hydrogen (secondary N) is 1. The quantitative estimate of drug-likeness (QED) is 0.839. The normalized spacial score (nSPS) is 12.3. The van der Waals surface area contributed by atoms with E-state index in [1.54, 1.807) is 31.0 Å². The van der Waals surface area contributed by atoms with Gasteiger partial charge in [-0.1, -0.05) is 6.92 Å². The molecule has 16 heavy (non-hydrogen) atoms. The monoisotopic (exact) mass is 214 g/mol. The molecule has 0 aromatic carbocycles. The van der Waals surface area contributed by atoms with Gasteiger partial charge in [0.25, 0.3) is 0 Å². The number of aromatic nitrogens is 3. The summed E-state index contributed by atoms with van der Waals surface area (Å²) >= 11 is 0. The standard InChI is InChI=1S/C12H14N4/c1-2-15-12(10-3-5-13-6-4-10)11-9-14-7-8-16-11/h3-9,12,15H,2H2,1H3. The van der Waals surface area contributed by atoms with Gasteiger partial charge in [-0.15, -0.1) is 0 Å². The molecule has 2 heterocycles. The molecule has 1 N–H and O–H groups in total. The summed E-state index contributed by atoms with van der Waals surface area (Å²) in [6.45, 7) is 2.95. The Balaban J connectivity index is 2.31. The molecule has 0 fully saturated rings. The van der Waals surface area contributed by atoms with Gasteiger partial charge in [-0.25, -0.2) is 0 Å². The van der Waals surface area contributed by atoms with Gasteiger partial charge < -0.3 is 5.32 Å². The Morgan fingerprint density at radius 1 is 1.12 bits per heavy atom. The smallest absolute Gasteiger partial charge is 0.0801 e. The minimum Gasteiger partial charge on any atom is -0.305 e. The van der Waals surface area contributed by atoms with Crippen molar-refractivity contribution in [3.8, 4) is 0 Å². The third-order valence-corrected chi connectivity index (χ3v) is 2.33. The second kappa shape index (κ2) is 5.32. The summed E-state index contributed by atoms with van der Waals surface area (Å²) in [5.41, 5.74) is 2.08. The maximum absolute atomic E-state index is 4.33. The van der Waals surface area contributed by atoms with E-state index in [4.69, 9.17) is 0 Å². The molecule has 2 rings (SSSR count). The Hall–Kier alpha value is -1.81. The Morgan fingerprint density at radius 2 is 1.94 bits per heavy atom. The Kier molecular flexibility index (Phi) is 3.56. The third-order valence-electron chi connectivity index (χ3n) is 2.33. The zero-order valence-corrected chi connectivity index (χ0v) is 9.17. The van der Waals surface area contributed by atoms with Crippen molar-refractivity contribution in [2.24, 2.45) is 0 Å². The maximum atomic E-state index is 4.33. The summed E-state index contributed by atoms with van der Waals surface area (Å²) in [6, 6.07) is 4.06. The first-order valence-corrected chi connectivity index (χ1v) is 5.31. The highest BCUT2D eigenvalue weighted by Gasteiger charge is 2.13. The first-order chi connectivity index (χ1) is 7.92. The largest absolute Gasteiger partial charge is 0.305 e. The van der Waals surface area contributed by atoms with Crippen LogP contribution in [0, 0.1) is 0 Å². The van der Waals surface area contributed by atoms with Gasteiger partial charge in [-0.05, 0) is 24.2 Å². The molecule has 0 saturated carbocycles. The number of hydrogen-bond acceptors (Lipinski definition) is 4. The van der Waals surface area contributed by atoms with Crippen LogP contribution < -0.4 is 5.32 Å². The van der Waals surface area contributed by atoms with E-state index in [1.165, 1.54) is 0 Å². The fourth-order valence-electron chi connectivity index (χ4n) is 1.61. The van der Waals surface area contributed by atoms with Crippen LogP contribution in [0.25, 0.3) is 0 Å². The van der Waals surface area contributed by atoms with E-state index < -0.39 is 0 Å². The molecule has 0 aliphatic rings. The van der Waals surface area contributed by atoms with E-state index in [2.05, 4.69) is 27.2 Å². The zero-order valence-electron chi connectivity index (χ0n) is 9.17. The van der Waals surface area contributed by atoms with Gasteiger partial charge in [0.15, 0.2) is 0 Å². The van der Waals surface area contributed by atoms with E-state index in [0.717, 1.165) is 17.8 Å². The molecule has 0 amide bonds. The van der Waals surface area contributed by atoms with Crippen molar-refractivity contribution < 1.29 is 0 Å². The lowest BCUT2D eigenvalue weighted by Gasteiger charge is -2.16. The highest BCUT2D eigenvalue weighted by Crippen LogP contribution is 2.18. The second-order valence-corrected chi connectivity index (χ2v) is 3.40. The van der Waals surface area contributed by atoms with Crippen LogP contribution >= 0.6 is 0 Å². The van der Waals surface area contributed by atoms with E-state index in [-0.39, 0.29) is 6.04 Å². The average Bonchev–Trinajstić information content (AvgIpc) is 2.38. The molecule has 2 aromatic rings. The first kappa shape index (κ1) is 10.7. The van der Waals surface area contributed by atoms with Gasteiger partial charge in [0, 0.05) is 24.8 Å². The van der Waals surface area contributed by atoms with Gasteiger partial charge in [-0.3, -0.25) is 15.0 Å². The predicted molar refractivity (Wildman–Crippen MR) is 61.8 cm³/mol. The summed E-state index contributed by atoms with van der Waals surface area (Å²) in [5.74, 6) is 0. The predicted octanol–water partition coefficient (Wildman–Crippen LogP) is 1.57. The van der Waals surface area contributed by atoms with Gasteiger partial charge >= 0.3 is 0 Å². The van der Waals surface area contributed by atoms with Crippen molar-refractivity contribution in [1.82, 2.24) is 20.3 Å². The summed E-state index contributed by atoms with van der Waals surface area (Å²) < 4.78 is 0. The lowest BCUT2D eigenvalue weighted by molar-refractivity contribution is 0.612. The first-order valence-electron chi connectivity index (χ1n) is 5.31. The molecule has 82 valence electrons. The average molecular weight is 214 g/mol. The van der Waals surface area contributed by atoms with Gasteiger partial charge in [0.1, 0.15) is 0 Å². The van der Waals surface area contributed by atoms with Crippen molar-refractivity contribution in [3.63, 3.8) is 0 Å². The molecular weight excluding hydrogens is 200 g/mol. The topological polar surface area (TPSA) is 50.7 Å². The van der Waals surface area contributed by atoms with Crippen molar-refractivity contribution in [2.45, 2.75) is 13.0 Å². The minimum absolute atomic E-state index is 0.0849. The molecular formula is C12H14N4. The Bertz CT molecular complexity index is 376. The Labute approximate surface area is 94.8 Å². The minimum atomic E-state index is 0.0849. The van der Waals surface area contributed by atoms with Crippen LogP contribution in [-0.2, 0) is 0 Å². The van der Waals surface area contributed by atoms with Crippen molar-refractivity contribution in [2.75, 3.05) is 6.54 Å². The van der Waals surface area contributed by atoms with Crippen LogP contribution in [0.1, 0.15) is 24.2 Å². The van der Waals surface area contributed by atoms with Crippen LogP contribution in [0.3, 0.4) is 0 Å². The van der Waals surface area contributed by atoms with Crippen LogP contribution in [0.15, 0.2) is 43.1 Å². The molecule has 0 aliphatic heterocycles. The molecule has 4 heteroatoms. The number of hydrogen-bond donors (Lipinski definition) is 1. The molecule has 0 aliphatic carbocycles. The fraction of sp³-hybridized carbons (Fsp3) is 0.250. The zero-order chi connectivity index (χ0) is 11.2. The number of nitrogens with zero attached hydrogens (tertiary/aromatic N) is 3. The van der Waals surface area contributed by atoms with E-state index in [0.29, 0.717) is 0 Å². The van der Waals surface area contributed by atoms with Crippen molar-refractivity contribution in [1.29, 1.82) is 0 Å². The highest BCUT2D eigenvalue weighted by atomic mass is 14.9. The van der Waals surface area contributed by atoms with E-state index in [1.807, 2.05) is 12.1 Å². The van der Waals surface area contributed by atoms with Gasteiger partial charge in [0.2, 0.25) is 0 Å². The van der Waals surface area contributed by atoms with Crippen LogP contribution in [0.5, 0.6) is 0 Å². The van der Waals surface area contributed by atoms with Crippen LogP contribution in [0.2, 0.25) is 0 Å². The SMILES string of the molecule is CCNC(c1ccncc1)c1cnccn1. The number of pyridine rings is 1. The fourth-order valence-corrected chi connectivity index (χ4v) is 1.61. The second-order valence-electron chi connectivity index (χ2n) is 3.40.